The van der Waals surface area contributed by atoms with Gasteiger partial charge in [-0.2, -0.15) is 0 Å². The fourth-order valence-corrected chi connectivity index (χ4v) is 5.30. The second kappa shape index (κ2) is 11.0. The van der Waals surface area contributed by atoms with Gasteiger partial charge in [-0.05, 0) is 68.5 Å². The number of ketones is 1. The second-order valence-corrected chi connectivity index (χ2v) is 10.1. The lowest BCUT2D eigenvalue weighted by Crippen LogP contribution is -2.62. The van der Waals surface area contributed by atoms with Crippen LogP contribution in [0.2, 0.25) is 10.0 Å². The highest BCUT2D eigenvalue weighted by Crippen LogP contribution is 2.43. The summed E-state index contributed by atoms with van der Waals surface area (Å²) in [6.07, 6.45) is 5.25. The third kappa shape index (κ3) is 6.02. The molecule has 0 saturated carbocycles. The molecule has 0 amide bonds. The lowest BCUT2D eigenvalue weighted by Gasteiger charge is -2.53. The Hall–Kier alpha value is -1.65. The molecule has 172 valence electrons. The first kappa shape index (κ1) is 25.0. The summed E-state index contributed by atoms with van der Waals surface area (Å²) >= 11 is 12.6. The Morgan fingerprint density at radius 2 is 1.94 bits per heavy atom. The van der Waals surface area contributed by atoms with E-state index < -0.39 is 0 Å². The molecule has 1 unspecified atom stereocenters. The first-order valence-electron chi connectivity index (χ1n) is 11.4. The standard InChI is InChI=1S/C27H34Cl2N2O/c1-5-16-27(4)18-31(24(6-2)15-10-19(3)32)26(20-11-13-22(28)14-12-20)25(30-27)21-8-7-9-23(29)17-21/h5,7-9,11-14,17,24-26,30H,1,6,10,15-16,18H2,2-4H3/t24?,25-,26+,27+/m1/s1. The van der Waals surface area contributed by atoms with E-state index in [1.807, 2.05) is 30.3 Å². The van der Waals surface area contributed by atoms with Crippen molar-refractivity contribution in [1.29, 1.82) is 0 Å². The molecule has 1 heterocycles. The minimum atomic E-state index is -0.151. The first-order valence-corrected chi connectivity index (χ1v) is 12.2. The first-order chi connectivity index (χ1) is 15.3. The van der Waals surface area contributed by atoms with Gasteiger partial charge in [0, 0.05) is 34.6 Å². The van der Waals surface area contributed by atoms with Crippen molar-refractivity contribution in [2.24, 2.45) is 0 Å². The van der Waals surface area contributed by atoms with Crippen LogP contribution in [0, 0.1) is 0 Å². The lowest BCUT2D eigenvalue weighted by molar-refractivity contribution is -0.117. The number of carbonyl (C=O) groups is 1. The maximum absolute atomic E-state index is 11.8. The average Bonchev–Trinajstić information content (AvgIpc) is 2.74. The molecule has 2 aromatic rings. The van der Waals surface area contributed by atoms with Gasteiger partial charge in [0.2, 0.25) is 0 Å². The number of nitrogens with one attached hydrogen (secondary N) is 1. The van der Waals surface area contributed by atoms with E-state index in [1.54, 1.807) is 6.92 Å². The number of rotatable bonds is 9. The van der Waals surface area contributed by atoms with Crippen molar-refractivity contribution in [1.82, 2.24) is 10.2 Å². The van der Waals surface area contributed by atoms with Crippen LogP contribution in [-0.2, 0) is 4.79 Å². The number of halogens is 2. The fourth-order valence-electron chi connectivity index (χ4n) is 4.97. The van der Waals surface area contributed by atoms with Crippen LogP contribution in [0.15, 0.2) is 61.2 Å². The van der Waals surface area contributed by atoms with E-state index in [1.165, 1.54) is 5.56 Å². The Balaban J connectivity index is 2.12. The molecule has 0 aromatic heterocycles. The van der Waals surface area contributed by atoms with Gasteiger partial charge in [-0.15, -0.1) is 6.58 Å². The van der Waals surface area contributed by atoms with Gasteiger partial charge in [-0.25, -0.2) is 0 Å². The summed E-state index contributed by atoms with van der Waals surface area (Å²) in [6.45, 7) is 11.0. The smallest absolute Gasteiger partial charge is 0.129 e. The number of carbonyl (C=O) groups excluding carboxylic acids is 1. The molecule has 3 rings (SSSR count). The van der Waals surface area contributed by atoms with Crippen LogP contribution in [-0.4, -0.2) is 28.8 Å². The molecule has 1 fully saturated rings. The molecule has 2 aromatic carbocycles. The Morgan fingerprint density at radius 1 is 1.22 bits per heavy atom. The maximum atomic E-state index is 11.8. The zero-order chi connectivity index (χ0) is 23.3. The van der Waals surface area contributed by atoms with Gasteiger partial charge in [0.25, 0.3) is 0 Å². The van der Waals surface area contributed by atoms with Crippen molar-refractivity contribution in [2.75, 3.05) is 6.54 Å². The van der Waals surface area contributed by atoms with E-state index >= 15 is 0 Å². The summed E-state index contributed by atoms with van der Waals surface area (Å²) in [7, 11) is 0. The Bertz CT molecular complexity index is 930. The van der Waals surface area contributed by atoms with Crippen LogP contribution in [0.5, 0.6) is 0 Å². The van der Waals surface area contributed by atoms with Gasteiger partial charge in [0.05, 0.1) is 12.1 Å². The van der Waals surface area contributed by atoms with Crippen molar-refractivity contribution in [3.05, 3.63) is 82.4 Å². The summed E-state index contributed by atoms with van der Waals surface area (Å²) in [5.74, 6) is 0.238. The summed E-state index contributed by atoms with van der Waals surface area (Å²) in [6, 6.07) is 16.7. The monoisotopic (exact) mass is 472 g/mol. The normalized spacial score (nSPS) is 24.8. The number of benzene rings is 2. The van der Waals surface area contributed by atoms with Crippen LogP contribution in [0.3, 0.4) is 0 Å². The van der Waals surface area contributed by atoms with Gasteiger partial charge in [0.1, 0.15) is 5.78 Å². The molecule has 3 nitrogen and oxygen atoms in total. The number of hydrogen-bond acceptors (Lipinski definition) is 3. The topological polar surface area (TPSA) is 32.3 Å². The van der Waals surface area contributed by atoms with Crippen LogP contribution < -0.4 is 5.32 Å². The molecule has 0 aliphatic carbocycles. The van der Waals surface area contributed by atoms with Crippen molar-refractivity contribution in [2.45, 2.75) is 70.1 Å². The quantitative estimate of drug-likeness (QED) is 0.392. The Kier molecular flexibility index (Phi) is 8.57. The van der Waals surface area contributed by atoms with Gasteiger partial charge in [0.15, 0.2) is 0 Å². The van der Waals surface area contributed by atoms with Crippen molar-refractivity contribution in [3.8, 4) is 0 Å². The average molecular weight is 473 g/mol. The molecular formula is C27H34Cl2N2O. The summed E-state index contributed by atoms with van der Waals surface area (Å²) in [4.78, 5) is 14.4. The highest BCUT2D eigenvalue weighted by atomic mass is 35.5. The molecule has 1 saturated heterocycles. The Labute approximate surface area is 202 Å². The summed E-state index contributed by atoms with van der Waals surface area (Å²) in [5, 5.41) is 5.39. The lowest BCUT2D eigenvalue weighted by atomic mass is 9.81. The zero-order valence-electron chi connectivity index (χ0n) is 19.3. The van der Waals surface area contributed by atoms with Crippen LogP contribution in [0.25, 0.3) is 0 Å². The van der Waals surface area contributed by atoms with Gasteiger partial charge < -0.3 is 10.1 Å². The second-order valence-electron chi connectivity index (χ2n) is 9.20. The molecule has 32 heavy (non-hydrogen) atoms. The molecule has 0 bridgehead atoms. The molecule has 0 spiro atoms. The third-order valence-electron chi connectivity index (χ3n) is 6.49. The minimum Gasteiger partial charge on any atom is -0.301 e. The fraction of sp³-hybridized carbons (Fsp3) is 0.444. The van der Waals surface area contributed by atoms with Crippen molar-refractivity contribution in [3.63, 3.8) is 0 Å². The maximum Gasteiger partial charge on any atom is 0.129 e. The van der Waals surface area contributed by atoms with Crippen molar-refractivity contribution < 1.29 is 4.79 Å². The Morgan fingerprint density at radius 3 is 2.53 bits per heavy atom. The SMILES string of the molecule is C=CC[C@@]1(C)CN(C(CC)CCC(C)=O)[C@@H](c2ccc(Cl)cc2)[C@@H](c2cccc(Cl)c2)N1. The summed E-state index contributed by atoms with van der Waals surface area (Å²) < 4.78 is 0. The molecule has 1 aliphatic rings. The van der Waals surface area contributed by atoms with Crippen LogP contribution in [0.4, 0.5) is 0 Å². The largest absolute Gasteiger partial charge is 0.301 e. The van der Waals surface area contributed by atoms with Gasteiger partial charge in [-0.1, -0.05) is 60.5 Å². The molecular weight excluding hydrogens is 439 g/mol. The van der Waals surface area contributed by atoms with E-state index in [0.717, 1.165) is 41.4 Å². The molecule has 1 N–H and O–H groups in total. The minimum absolute atomic E-state index is 0.0277. The van der Waals surface area contributed by atoms with E-state index in [2.05, 4.69) is 54.9 Å². The predicted molar refractivity (Wildman–Crippen MR) is 135 cm³/mol. The van der Waals surface area contributed by atoms with Crippen LogP contribution >= 0.6 is 23.2 Å². The number of piperazine rings is 1. The summed E-state index contributed by atoms with van der Waals surface area (Å²) in [5.41, 5.74) is 2.20. The van der Waals surface area contributed by atoms with Crippen molar-refractivity contribution >= 4 is 29.0 Å². The highest BCUT2D eigenvalue weighted by Gasteiger charge is 2.44. The van der Waals surface area contributed by atoms with Gasteiger partial charge >= 0.3 is 0 Å². The predicted octanol–water partition coefficient (Wildman–Crippen LogP) is 7.16. The molecule has 0 radical (unpaired) electrons. The highest BCUT2D eigenvalue weighted by molar-refractivity contribution is 6.30. The van der Waals surface area contributed by atoms with E-state index in [4.69, 9.17) is 23.2 Å². The van der Waals surface area contributed by atoms with E-state index in [9.17, 15) is 4.79 Å². The third-order valence-corrected chi connectivity index (χ3v) is 6.98. The zero-order valence-corrected chi connectivity index (χ0v) is 20.8. The number of hydrogen-bond donors (Lipinski definition) is 1. The number of nitrogens with zero attached hydrogens (tertiary/aromatic N) is 1. The van der Waals surface area contributed by atoms with Crippen LogP contribution in [0.1, 0.15) is 69.7 Å². The van der Waals surface area contributed by atoms with E-state index in [0.29, 0.717) is 6.42 Å². The molecule has 1 aliphatic heterocycles. The molecule has 4 atom stereocenters. The number of Topliss-reactive ketones (excluding diaryl/α,β-unsaturated/α-hetero) is 1. The molecule has 5 heteroatoms. The van der Waals surface area contributed by atoms with E-state index in [-0.39, 0.29) is 29.4 Å². The van der Waals surface area contributed by atoms with Gasteiger partial charge in [-0.3, -0.25) is 4.90 Å².